The van der Waals surface area contributed by atoms with Crippen LogP contribution in [0.15, 0.2) is 9.95 Å². The van der Waals surface area contributed by atoms with Gasteiger partial charge in [0.15, 0.2) is 17.2 Å². The van der Waals surface area contributed by atoms with Gasteiger partial charge in [-0.25, -0.2) is 4.98 Å². The third-order valence-electron chi connectivity index (χ3n) is 3.56. The number of aromatic nitrogens is 2. The number of anilines is 1. The van der Waals surface area contributed by atoms with Crippen LogP contribution >= 0.6 is 11.8 Å². The normalized spacial score (nSPS) is 27.7. The Kier molecular flexibility index (Phi) is 5.42. The van der Waals surface area contributed by atoms with Crippen LogP contribution in [0.2, 0.25) is 0 Å². The van der Waals surface area contributed by atoms with Gasteiger partial charge in [0.2, 0.25) is 0 Å². The van der Waals surface area contributed by atoms with Crippen molar-refractivity contribution in [2.45, 2.75) is 36.6 Å². The van der Waals surface area contributed by atoms with Crippen LogP contribution in [0, 0.1) is 0 Å². The summed E-state index contributed by atoms with van der Waals surface area (Å²) in [5, 5.41) is 32.1. The molecular weight excluding hydrogens is 326 g/mol. The Morgan fingerprint density at radius 1 is 1.39 bits per heavy atom. The fourth-order valence-corrected chi connectivity index (χ4v) is 2.79. The number of thioether (sulfide) groups is 1. The van der Waals surface area contributed by atoms with Gasteiger partial charge >= 0.3 is 0 Å². The number of carbonyl (C=O) groups is 1. The van der Waals surface area contributed by atoms with Crippen LogP contribution in [0.5, 0.6) is 0 Å². The van der Waals surface area contributed by atoms with Crippen LogP contribution < -0.4 is 10.9 Å². The summed E-state index contributed by atoms with van der Waals surface area (Å²) in [6.45, 7) is 1.03. The van der Waals surface area contributed by atoms with Crippen LogP contribution in [-0.4, -0.2) is 68.1 Å². The number of nitrogens with zero attached hydrogens (tertiary/aromatic N) is 2. The highest BCUT2D eigenvalue weighted by atomic mass is 32.2. The fraction of sp³-hybridized carbons (Fsp3) is 0.615. The molecule has 2 heterocycles. The highest BCUT2D eigenvalue weighted by Crippen LogP contribution is 2.21. The second-order valence-electron chi connectivity index (χ2n) is 5.19. The van der Waals surface area contributed by atoms with Gasteiger partial charge in [0.25, 0.3) is 5.56 Å². The summed E-state index contributed by atoms with van der Waals surface area (Å²) in [4.78, 5) is 28.3. The number of nitrogens with one attached hydrogen (secondary N) is 1. The molecule has 2 rings (SSSR count). The Hall–Kier alpha value is -1.46. The minimum atomic E-state index is -1.44. The molecule has 1 aromatic rings. The van der Waals surface area contributed by atoms with E-state index in [1.54, 1.807) is 6.26 Å². The van der Waals surface area contributed by atoms with Crippen LogP contribution in [0.3, 0.4) is 0 Å². The topological polar surface area (TPSA) is 134 Å². The Labute approximate surface area is 136 Å². The van der Waals surface area contributed by atoms with E-state index in [4.69, 9.17) is 4.74 Å². The maximum Gasteiger partial charge on any atom is 0.266 e. The third kappa shape index (κ3) is 3.40. The monoisotopic (exact) mass is 345 g/mol. The fourth-order valence-electron chi connectivity index (χ4n) is 2.25. The van der Waals surface area contributed by atoms with Crippen LogP contribution in [0.25, 0.3) is 0 Å². The van der Waals surface area contributed by atoms with Crippen molar-refractivity contribution in [2.24, 2.45) is 7.05 Å². The average Bonchev–Trinajstić information content (AvgIpc) is 2.50. The lowest BCUT2D eigenvalue weighted by atomic mass is 10.0. The first-order valence-electron chi connectivity index (χ1n) is 6.86. The first-order valence-corrected chi connectivity index (χ1v) is 8.08. The molecule has 10 heteroatoms. The minimum Gasteiger partial charge on any atom is -0.388 e. The van der Waals surface area contributed by atoms with Gasteiger partial charge in [-0.15, -0.1) is 0 Å². The summed E-state index contributed by atoms with van der Waals surface area (Å²) in [6.07, 6.45) is -3.45. The molecule has 1 saturated heterocycles. The molecule has 9 nitrogen and oxygen atoms in total. The molecule has 0 spiro atoms. The van der Waals surface area contributed by atoms with E-state index in [0.717, 1.165) is 0 Å². The molecule has 1 aliphatic heterocycles. The summed E-state index contributed by atoms with van der Waals surface area (Å²) in [7, 11) is 1.50. The number of ketones is 1. The Morgan fingerprint density at radius 2 is 2.04 bits per heavy atom. The average molecular weight is 345 g/mol. The van der Waals surface area contributed by atoms with Gasteiger partial charge in [-0.1, -0.05) is 11.8 Å². The van der Waals surface area contributed by atoms with Crippen LogP contribution in [0.4, 0.5) is 5.82 Å². The molecule has 4 N–H and O–H groups in total. The van der Waals surface area contributed by atoms with Crippen molar-refractivity contribution in [3.63, 3.8) is 0 Å². The number of rotatable bonds is 4. The van der Waals surface area contributed by atoms with Gasteiger partial charge in [-0.2, -0.15) is 0 Å². The Balaban J connectivity index is 2.41. The second kappa shape index (κ2) is 6.97. The van der Waals surface area contributed by atoms with Crippen molar-refractivity contribution >= 4 is 23.4 Å². The van der Waals surface area contributed by atoms with Gasteiger partial charge in [0.1, 0.15) is 29.7 Å². The van der Waals surface area contributed by atoms with E-state index in [2.05, 4.69) is 10.3 Å². The lowest BCUT2D eigenvalue weighted by Gasteiger charge is -2.35. The molecule has 0 aliphatic carbocycles. The molecule has 4 atom stereocenters. The smallest absolute Gasteiger partial charge is 0.266 e. The first kappa shape index (κ1) is 17.9. The van der Waals surface area contributed by atoms with E-state index in [-0.39, 0.29) is 18.0 Å². The zero-order valence-corrected chi connectivity index (χ0v) is 13.7. The number of carbonyl (C=O) groups excluding carboxylic acids is 1. The zero-order valence-electron chi connectivity index (χ0n) is 12.9. The molecule has 1 fully saturated rings. The Bertz CT molecular complexity index is 664. The molecule has 0 radical (unpaired) electrons. The maximum atomic E-state index is 12.3. The molecule has 128 valence electrons. The van der Waals surface area contributed by atoms with Gasteiger partial charge in [-0.3, -0.25) is 14.2 Å². The first-order chi connectivity index (χ1) is 10.8. The quantitative estimate of drug-likeness (QED) is 0.294. The van der Waals surface area contributed by atoms with Gasteiger partial charge < -0.3 is 25.4 Å². The predicted octanol–water partition coefficient (Wildman–Crippen LogP) is -1.44. The number of aliphatic hydroxyl groups is 3. The summed E-state index contributed by atoms with van der Waals surface area (Å²) in [5.74, 6) is -0.517. The maximum absolute atomic E-state index is 12.3. The number of hydrogen-bond donors (Lipinski definition) is 4. The van der Waals surface area contributed by atoms with Crippen LogP contribution in [0.1, 0.15) is 17.3 Å². The van der Waals surface area contributed by atoms with E-state index in [1.165, 1.54) is 30.3 Å². The van der Waals surface area contributed by atoms with Crippen LogP contribution in [-0.2, 0) is 11.8 Å². The van der Waals surface area contributed by atoms with E-state index >= 15 is 0 Å². The van der Waals surface area contributed by atoms with E-state index < -0.39 is 35.9 Å². The van der Waals surface area contributed by atoms with Crippen molar-refractivity contribution in [2.75, 3.05) is 18.2 Å². The number of Topliss-reactive ketones (excluding diaryl/α,β-unsaturated/α-hetero) is 1. The standard InChI is InChI=1S/C13H19N3O6S/c1-5(17)7-10(15-13(23-3)16(2)12(7)21)14-11-9(20)8(19)6(18)4-22-11/h6,8-9,11,14,18-20H,4H2,1-3H3. The predicted molar refractivity (Wildman–Crippen MR) is 82.6 cm³/mol. The number of hydrogen-bond acceptors (Lipinski definition) is 9. The molecule has 0 aromatic carbocycles. The lowest BCUT2D eigenvalue weighted by molar-refractivity contribution is -0.178. The van der Waals surface area contributed by atoms with Gasteiger partial charge in [0.05, 0.1) is 6.61 Å². The van der Waals surface area contributed by atoms with E-state index in [1.807, 2.05) is 0 Å². The molecule has 0 saturated carbocycles. The molecule has 0 bridgehead atoms. The van der Waals surface area contributed by atoms with Crippen molar-refractivity contribution in [1.29, 1.82) is 0 Å². The van der Waals surface area contributed by atoms with Crippen molar-refractivity contribution < 1.29 is 24.9 Å². The number of aliphatic hydroxyl groups excluding tert-OH is 3. The molecule has 1 aromatic heterocycles. The van der Waals surface area contributed by atoms with Crippen molar-refractivity contribution in [3.8, 4) is 0 Å². The second-order valence-corrected chi connectivity index (χ2v) is 5.96. The van der Waals surface area contributed by atoms with Crippen molar-refractivity contribution in [1.82, 2.24) is 9.55 Å². The summed E-state index contributed by atoms with van der Waals surface area (Å²) < 4.78 is 6.47. The minimum absolute atomic E-state index is 0.0300. The van der Waals surface area contributed by atoms with Gasteiger partial charge in [-0.05, 0) is 13.2 Å². The highest BCUT2D eigenvalue weighted by Gasteiger charge is 2.38. The largest absolute Gasteiger partial charge is 0.388 e. The summed E-state index contributed by atoms with van der Waals surface area (Å²) >= 11 is 1.22. The molecule has 23 heavy (non-hydrogen) atoms. The SMILES string of the molecule is CSc1nc(NC2OCC(O)C(O)C2O)c(C(C)=O)c(=O)n1C. The zero-order chi connectivity index (χ0) is 17.3. The van der Waals surface area contributed by atoms with Crippen molar-refractivity contribution in [3.05, 3.63) is 15.9 Å². The number of ether oxygens (including phenoxy) is 1. The third-order valence-corrected chi connectivity index (χ3v) is 4.29. The molecule has 1 aliphatic rings. The summed E-state index contributed by atoms with van der Waals surface area (Å²) in [6, 6.07) is 0. The molecule has 4 unspecified atom stereocenters. The van der Waals surface area contributed by atoms with E-state index in [0.29, 0.717) is 5.16 Å². The van der Waals surface area contributed by atoms with Gasteiger partial charge in [0, 0.05) is 7.05 Å². The Morgan fingerprint density at radius 3 is 2.61 bits per heavy atom. The molecule has 0 amide bonds. The lowest BCUT2D eigenvalue weighted by Crippen LogP contribution is -2.55. The molecular formula is C13H19N3O6S. The highest BCUT2D eigenvalue weighted by molar-refractivity contribution is 7.98. The summed E-state index contributed by atoms with van der Waals surface area (Å²) in [5.41, 5.74) is -0.688. The van der Waals surface area contributed by atoms with E-state index in [9.17, 15) is 24.9 Å².